The van der Waals surface area contributed by atoms with E-state index in [0.717, 1.165) is 0 Å². The van der Waals surface area contributed by atoms with Gasteiger partial charge in [0.15, 0.2) is 6.61 Å². The minimum atomic E-state index is -1.74. The molecule has 1 aliphatic rings. The molecule has 1 aromatic rings. The summed E-state index contributed by atoms with van der Waals surface area (Å²) in [5.41, 5.74) is 0.556. The van der Waals surface area contributed by atoms with Gasteiger partial charge in [-0.05, 0) is 6.07 Å². The molecule has 92 valence electrons. The normalized spacial score (nSPS) is 23.7. The Balaban J connectivity index is 2.50. The molecular formula is C10H8Cl3NO3. The summed E-state index contributed by atoms with van der Waals surface area (Å²) in [6.45, 7) is -0.0947. The zero-order valence-corrected chi connectivity index (χ0v) is 10.7. The Labute approximate surface area is 113 Å². The van der Waals surface area contributed by atoms with Crippen LogP contribution in [-0.4, -0.2) is 21.4 Å². The lowest BCUT2D eigenvalue weighted by Crippen LogP contribution is -2.42. The molecule has 0 amide bonds. The molecule has 0 saturated carbocycles. The van der Waals surface area contributed by atoms with Gasteiger partial charge in [-0.15, -0.1) is 0 Å². The van der Waals surface area contributed by atoms with Gasteiger partial charge in [-0.25, -0.2) is 0 Å². The van der Waals surface area contributed by atoms with Gasteiger partial charge in [0.1, 0.15) is 11.7 Å². The minimum Gasteiger partial charge on any atom is -0.486 e. The Morgan fingerprint density at radius 1 is 1.35 bits per heavy atom. The molecule has 0 bridgehead atoms. The van der Waals surface area contributed by atoms with Gasteiger partial charge in [-0.3, -0.25) is 10.1 Å². The number of hydrogen-bond acceptors (Lipinski definition) is 3. The van der Waals surface area contributed by atoms with Crippen LogP contribution in [-0.2, 0) is 0 Å². The standard InChI is InChI=1S/C10H8Cl3NO3/c11-10(12,13)9-6-3-1-2-4-8(6)17-5-7(9)14(15)16/h1-4,7,9H,5H2/t7-,9+/m0/s1. The summed E-state index contributed by atoms with van der Waals surface area (Å²) in [7, 11) is 0. The van der Waals surface area contributed by atoms with Crippen molar-refractivity contribution in [3.05, 3.63) is 39.9 Å². The molecule has 17 heavy (non-hydrogen) atoms. The topological polar surface area (TPSA) is 52.4 Å². The molecule has 0 fully saturated rings. The van der Waals surface area contributed by atoms with E-state index in [1.54, 1.807) is 24.3 Å². The number of para-hydroxylation sites is 1. The van der Waals surface area contributed by atoms with E-state index in [1.807, 2.05) is 0 Å². The van der Waals surface area contributed by atoms with Crippen molar-refractivity contribution in [3.8, 4) is 5.75 Å². The monoisotopic (exact) mass is 295 g/mol. The lowest BCUT2D eigenvalue weighted by Gasteiger charge is -2.32. The van der Waals surface area contributed by atoms with Crippen molar-refractivity contribution in [2.45, 2.75) is 15.8 Å². The summed E-state index contributed by atoms with van der Waals surface area (Å²) in [4.78, 5) is 10.5. The number of halogens is 3. The smallest absolute Gasteiger partial charge is 0.257 e. The zero-order valence-electron chi connectivity index (χ0n) is 8.48. The van der Waals surface area contributed by atoms with Crippen LogP contribution < -0.4 is 4.74 Å². The van der Waals surface area contributed by atoms with Crippen LogP contribution >= 0.6 is 34.8 Å². The predicted molar refractivity (Wildman–Crippen MR) is 65.8 cm³/mol. The average molecular weight is 297 g/mol. The molecular weight excluding hydrogens is 288 g/mol. The SMILES string of the molecule is O=[N+]([O-])[C@H]1COc2ccccc2[C@H]1C(Cl)(Cl)Cl. The third-order valence-corrected chi connectivity index (χ3v) is 3.38. The van der Waals surface area contributed by atoms with Crippen LogP contribution in [0.25, 0.3) is 0 Å². The second-order valence-electron chi connectivity index (χ2n) is 3.72. The van der Waals surface area contributed by atoms with E-state index in [1.165, 1.54) is 0 Å². The molecule has 0 saturated heterocycles. The Morgan fingerprint density at radius 3 is 2.59 bits per heavy atom. The van der Waals surface area contributed by atoms with E-state index < -0.39 is 20.7 Å². The fourth-order valence-corrected chi connectivity index (χ4v) is 2.71. The van der Waals surface area contributed by atoms with E-state index >= 15 is 0 Å². The summed E-state index contributed by atoms with van der Waals surface area (Å²) in [5.74, 6) is -0.283. The first-order chi connectivity index (χ1) is 7.91. The molecule has 0 aromatic heterocycles. The van der Waals surface area contributed by atoms with Crippen LogP contribution in [0.4, 0.5) is 0 Å². The molecule has 2 rings (SSSR count). The Hall–Kier alpha value is -0.710. The summed E-state index contributed by atoms with van der Waals surface area (Å²) in [5, 5.41) is 11.0. The van der Waals surface area contributed by atoms with Crippen LogP contribution in [0.3, 0.4) is 0 Å². The van der Waals surface area contributed by atoms with Gasteiger partial charge in [-0.2, -0.15) is 0 Å². The quantitative estimate of drug-likeness (QED) is 0.454. The van der Waals surface area contributed by atoms with Crippen LogP contribution in [0.15, 0.2) is 24.3 Å². The fraction of sp³-hybridized carbons (Fsp3) is 0.400. The van der Waals surface area contributed by atoms with E-state index in [-0.39, 0.29) is 6.61 Å². The molecule has 0 aliphatic carbocycles. The van der Waals surface area contributed by atoms with E-state index in [9.17, 15) is 10.1 Å². The number of nitrogens with zero attached hydrogens (tertiary/aromatic N) is 1. The van der Waals surface area contributed by atoms with Crippen molar-refractivity contribution in [1.82, 2.24) is 0 Å². The average Bonchev–Trinajstić information content (AvgIpc) is 2.26. The van der Waals surface area contributed by atoms with E-state index in [2.05, 4.69) is 0 Å². The third kappa shape index (κ3) is 2.44. The molecule has 1 heterocycles. The summed E-state index contributed by atoms with van der Waals surface area (Å²) >= 11 is 17.5. The van der Waals surface area contributed by atoms with Crippen LogP contribution in [0.5, 0.6) is 5.75 Å². The van der Waals surface area contributed by atoms with Gasteiger partial charge in [0.2, 0.25) is 3.79 Å². The maximum absolute atomic E-state index is 11.0. The minimum absolute atomic E-state index is 0.0947. The van der Waals surface area contributed by atoms with Gasteiger partial charge in [0, 0.05) is 10.5 Å². The summed E-state index contributed by atoms with van der Waals surface area (Å²) < 4.78 is 3.57. The predicted octanol–water partition coefficient (Wildman–Crippen LogP) is 3.18. The highest BCUT2D eigenvalue weighted by Gasteiger charge is 2.50. The van der Waals surface area contributed by atoms with Crippen molar-refractivity contribution < 1.29 is 9.66 Å². The molecule has 7 heteroatoms. The van der Waals surface area contributed by atoms with Gasteiger partial charge >= 0.3 is 0 Å². The number of rotatable bonds is 1. The molecule has 1 aliphatic heterocycles. The number of nitro groups is 1. The molecule has 2 atom stereocenters. The van der Waals surface area contributed by atoms with Gasteiger partial charge < -0.3 is 4.74 Å². The molecule has 1 aromatic carbocycles. The second-order valence-corrected chi connectivity index (χ2v) is 6.09. The Morgan fingerprint density at radius 2 is 2.00 bits per heavy atom. The molecule has 0 unspecified atom stereocenters. The zero-order chi connectivity index (χ0) is 12.6. The van der Waals surface area contributed by atoms with Crippen molar-refractivity contribution in [2.24, 2.45) is 0 Å². The van der Waals surface area contributed by atoms with Gasteiger partial charge in [-0.1, -0.05) is 53.0 Å². The second kappa shape index (κ2) is 4.52. The van der Waals surface area contributed by atoms with E-state index in [0.29, 0.717) is 11.3 Å². The first-order valence-electron chi connectivity index (χ1n) is 4.83. The largest absolute Gasteiger partial charge is 0.486 e. The van der Waals surface area contributed by atoms with E-state index in [4.69, 9.17) is 39.5 Å². The number of alkyl halides is 3. The lowest BCUT2D eigenvalue weighted by atomic mass is 9.90. The van der Waals surface area contributed by atoms with Crippen LogP contribution in [0, 0.1) is 10.1 Å². The highest BCUT2D eigenvalue weighted by atomic mass is 35.6. The van der Waals surface area contributed by atoms with Gasteiger partial charge in [0.05, 0.1) is 0 Å². The number of benzene rings is 1. The van der Waals surface area contributed by atoms with Crippen molar-refractivity contribution in [1.29, 1.82) is 0 Å². The van der Waals surface area contributed by atoms with Gasteiger partial charge in [0.25, 0.3) is 6.04 Å². The molecule has 0 N–H and O–H groups in total. The van der Waals surface area contributed by atoms with Crippen LogP contribution in [0.1, 0.15) is 11.5 Å². The number of ether oxygens (including phenoxy) is 1. The maximum atomic E-state index is 11.0. The lowest BCUT2D eigenvalue weighted by molar-refractivity contribution is -0.530. The number of hydrogen-bond donors (Lipinski definition) is 0. The Bertz CT molecular complexity index is 447. The molecule has 0 spiro atoms. The highest BCUT2D eigenvalue weighted by Crippen LogP contribution is 2.48. The maximum Gasteiger partial charge on any atom is 0.257 e. The summed E-state index contributed by atoms with van der Waals surface area (Å²) in [6, 6.07) is 5.82. The molecule has 4 nitrogen and oxygen atoms in total. The fourth-order valence-electron chi connectivity index (χ4n) is 1.92. The Kier molecular flexibility index (Phi) is 3.39. The van der Waals surface area contributed by atoms with Crippen molar-refractivity contribution in [3.63, 3.8) is 0 Å². The van der Waals surface area contributed by atoms with Crippen molar-refractivity contribution >= 4 is 34.8 Å². The first kappa shape index (κ1) is 12.7. The van der Waals surface area contributed by atoms with Crippen LogP contribution in [0.2, 0.25) is 0 Å². The first-order valence-corrected chi connectivity index (χ1v) is 5.96. The molecule has 0 radical (unpaired) electrons. The summed E-state index contributed by atoms with van der Waals surface area (Å²) in [6.07, 6.45) is 0. The highest BCUT2D eigenvalue weighted by molar-refractivity contribution is 6.68. The third-order valence-electron chi connectivity index (χ3n) is 2.67. The number of fused-ring (bicyclic) bond motifs is 1. The van der Waals surface area contributed by atoms with Crippen molar-refractivity contribution in [2.75, 3.05) is 6.61 Å².